The number of carbonyl (C=O) groups is 1. The molecule has 0 spiro atoms. The van der Waals surface area contributed by atoms with Gasteiger partial charge in [-0.15, -0.1) is 0 Å². The van der Waals surface area contributed by atoms with E-state index < -0.39 is 10.0 Å². The SMILES string of the molecule is CCOCc1ccccc1NS(=O)(=O)c1ccc(C(C)=O)cc1. The second-order valence-electron chi connectivity index (χ2n) is 4.98. The number of Topliss-reactive ketones (excluding diaryl/α,β-unsaturated/α-hetero) is 1. The summed E-state index contributed by atoms with van der Waals surface area (Å²) in [6, 6.07) is 12.9. The van der Waals surface area contributed by atoms with Crippen LogP contribution in [-0.2, 0) is 21.4 Å². The molecule has 2 aromatic rings. The zero-order valence-electron chi connectivity index (χ0n) is 13.1. The first-order valence-corrected chi connectivity index (χ1v) is 8.72. The molecule has 0 aromatic heterocycles. The molecule has 0 atom stereocenters. The van der Waals surface area contributed by atoms with Crippen LogP contribution in [0.3, 0.4) is 0 Å². The minimum Gasteiger partial charge on any atom is -0.377 e. The molecule has 0 aliphatic carbocycles. The van der Waals surface area contributed by atoms with Gasteiger partial charge < -0.3 is 4.74 Å². The highest BCUT2D eigenvalue weighted by Crippen LogP contribution is 2.21. The van der Waals surface area contributed by atoms with Crippen molar-refractivity contribution in [2.75, 3.05) is 11.3 Å². The van der Waals surface area contributed by atoms with Crippen LogP contribution in [0.15, 0.2) is 53.4 Å². The molecule has 0 saturated carbocycles. The van der Waals surface area contributed by atoms with Crippen molar-refractivity contribution >= 4 is 21.5 Å². The lowest BCUT2D eigenvalue weighted by Gasteiger charge is -2.12. The highest BCUT2D eigenvalue weighted by molar-refractivity contribution is 7.92. The average Bonchev–Trinajstić information content (AvgIpc) is 2.54. The minimum absolute atomic E-state index is 0.105. The molecule has 0 heterocycles. The molecule has 0 radical (unpaired) electrons. The lowest BCUT2D eigenvalue weighted by Crippen LogP contribution is -2.14. The molecule has 0 saturated heterocycles. The molecule has 1 N–H and O–H groups in total. The van der Waals surface area contributed by atoms with Gasteiger partial charge in [-0.25, -0.2) is 8.42 Å². The number of sulfonamides is 1. The Balaban J connectivity index is 2.26. The van der Waals surface area contributed by atoms with Crippen molar-refractivity contribution < 1.29 is 17.9 Å². The number of anilines is 1. The predicted molar refractivity (Wildman–Crippen MR) is 89.0 cm³/mol. The van der Waals surface area contributed by atoms with Crippen LogP contribution < -0.4 is 4.72 Å². The van der Waals surface area contributed by atoms with Crippen molar-refractivity contribution in [2.24, 2.45) is 0 Å². The molecule has 0 bridgehead atoms. The molecule has 23 heavy (non-hydrogen) atoms. The maximum Gasteiger partial charge on any atom is 0.261 e. The molecule has 6 heteroatoms. The second kappa shape index (κ2) is 7.39. The van der Waals surface area contributed by atoms with E-state index in [1.54, 1.807) is 12.1 Å². The van der Waals surface area contributed by atoms with Gasteiger partial charge in [-0.3, -0.25) is 9.52 Å². The monoisotopic (exact) mass is 333 g/mol. The largest absolute Gasteiger partial charge is 0.377 e. The third-order valence-electron chi connectivity index (χ3n) is 3.29. The summed E-state index contributed by atoms with van der Waals surface area (Å²) in [7, 11) is -3.72. The van der Waals surface area contributed by atoms with Gasteiger partial charge in [0.1, 0.15) is 0 Å². The molecule has 2 aromatic carbocycles. The van der Waals surface area contributed by atoms with Crippen LogP contribution in [0.25, 0.3) is 0 Å². The van der Waals surface area contributed by atoms with Crippen molar-refractivity contribution in [1.29, 1.82) is 0 Å². The van der Waals surface area contributed by atoms with Crippen molar-refractivity contribution in [3.05, 3.63) is 59.7 Å². The maximum absolute atomic E-state index is 12.5. The number of benzene rings is 2. The first-order chi connectivity index (χ1) is 10.9. The Morgan fingerprint density at radius 3 is 2.35 bits per heavy atom. The normalized spacial score (nSPS) is 11.2. The van der Waals surface area contributed by atoms with Crippen LogP contribution in [0.5, 0.6) is 0 Å². The average molecular weight is 333 g/mol. The highest BCUT2D eigenvalue weighted by Gasteiger charge is 2.16. The van der Waals surface area contributed by atoms with E-state index in [9.17, 15) is 13.2 Å². The quantitative estimate of drug-likeness (QED) is 0.790. The van der Waals surface area contributed by atoms with Crippen molar-refractivity contribution in [3.63, 3.8) is 0 Å². The van der Waals surface area contributed by atoms with Gasteiger partial charge in [0, 0.05) is 17.7 Å². The first kappa shape index (κ1) is 17.2. The van der Waals surface area contributed by atoms with Crippen LogP contribution in [0.4, 0.5) is 5.69 Å². The number of nitrogens with one attached hydrogen (secondary N) is 1. The van der Waals surface area contributed by atoms with Gasteiger partial charge in [-0.1, -0.05) is 30.3 Å². The van der Waals surface area contributed by atoms with E-state index in [0.29, 0.717) is 24.5 Å². The number of hydrogen-bond donors (Lipinski definition) is 1. The second-order valence-corrected chi connectivity index (χ2v) is 6.66. The molecule has 122 valence electrons. The van der Waals surface area contributed by atoms with E-state index in [-0.39, 0.29) is 10.7 Å². The summed E-state index contributed by atoms with van der Waals surface area (Å²) >= 11 is 0. The molecule has 5 nitrogen and oxygen atoms in total. The fourth-order valence-corrected chi connectivity index (χ4v) is 3.13. The van der Waals surface area contributed by atoms with Gasteiger partial charge in [-0.2, -0.15) is 0 Å². The van der Waals surface area contributed by atoms with E-state index in [1.165, 1.54) is 31.2 Å². The third-order valence-corrected chi connectivity index (χ3v) is 4.68. The van der Waals surface area contributed by atoms with E-state index in [2.05, 4.69) is 4.72 Å². The molecule has 2 rings (SSSR count). The summed E-state index contributed by atoms with van der Waals surface area (Å²) in [5, 5.41) is 0. The molecule has 0 aliphatic rings. The molecular formula is C17H19NO4S. The zero-order chi connectivity index (χ0) is 16.9. The lowest BCUT2D eigenvalue weighted by atomic mass is 10.2. The highest BCUT2D eigenvalue weighted by atomic mass is 32.2. The Labute approximate surface area is 136 Å². The van der Waals surface area contributed by atoms with E-state index in [0.717, 1.165) is 5.56 Å². The minimum atomic E-state index is -3.72. The number of ketones is 1. The lowest BCUT2D eigenvalue weighted by molar-refractivity contribution is 0.101. The number of hydrogen-bond acceptors (Lipinski definition) is 4. The van der Waals surface area contributed by atoms with Crippen LogP contribution >= 0.6 is 0 Å². The zero-order valence-corrected chi connectivity index (χ0v) is 13.9. The van der Waals surface area contributed by atoms with Crippen LogP contribution in [0, 0.1) is 0 Å². The Kier molecular flexibility index (Phi) is 5.52. The van der Waals surface area contributed by atoms with Gasteiger partial charge >= 0.3 is 0 Å². The Hall–Kier alpha value is -2.18. The summed E-state index contributed by atoms with van der Waals surface area (Å²) in [4.78, 5) is 11.4. The summed E-state index contributed by atoms with van der Waals surface area (Å²) < 4.78 is 32.9. The van der Waals surface area contributed by atoms with Gasteiger partial charge in [0.2, 0.25) is 0 Å². The Morgan fingerprint density at radius 2 is 1.74 bits per heavy atom. The van der Waals surface area contributed by atoms with Gasteiger partial charge in [-0.05, 0) is 32.0 Å². The molecule has 0 unspecified atom stereocenters. The fourth-order valence-electron chi connectivity index (χ4n) is 2.03. The molecule has 0 aliphatic heterocycles. The Bertz CT molecular complexity index is 782. The van der Waals surface area contributed by atoms with Gasteiger partial charge in [0.05, 0.1) is 17.2 Å². The van der Waals surface area contributed by atoms with Gasteiger partial charge in [0.15, 0.2) is 5.78 Å². The number of carbonyl (C=O) groups excluding carboxylic acids is 1. The molecule has 0 fully saturated rings. The maximum atomic E-state index is 12.5. The van der Waals surface area contributed by atoms with E-state index >= 15 is 0 Å². The Morgan fingerprint density at radius 1 is 1.09 bits per heavy atom. The van der Waals surface area contributed by atoms with Crippen molar-refractivity contribution in [2.45, 2.75) is 25.3 Å². The van der Waals surface area contributed by atoms with E-state index in [4.69, 9.17) is 4.74 Å². The predicted octanol–water partition coefficient (Wildman–Crippen LogP) is 3.23. The number of para-hydroxylation sites is 1. The van der Waals surface area contributed by atoms with Crippen LogP contribution in [0.1, 0.15) is 29.8 Å². The smallest absolute Gasteiger partial charge is 0.261 e. The number of rotatable bonds is 7. The summed E-state index contributed by atoms with van der Waals surface area (Å²) in [5.41, 5.74) is 1.72. The van der Waals surface area contributed by atoms with Crippen molar-refractivity contribution in [3.8, 4) is 0 Å². The summed E-state index contributed by atoms with van der Waals surface area (Å²) in [5.74, 6) is -0.107. The first-order valence-electron chi connectivity index (χ1n) is 7.23. The number of ether oxygens (including phenoxy) is 1. The van der Waals surface area contributed by atoms with Crippen molar-refractivity contribution in [1.82, 2.24) is 0 Å². The topological polar surface area (TPSA) is 72.5 Å². The third kappa shape index (κ3) is 4.40. The standard InChI is InChI=1S/C17H19NO4S/c1-3-22-12-15-6-4-5-7-17(15)18-23(20,21)16-10-8-14(9-11-16)13(2)19/h4-11,18H,3,12H2,1-2H3. The summed E-state index contributed by atoms with van der Waals surface area (Å²) in [6.45, 7) is 4.20. The van der Waals surface area contributed by atoms with Crippen LogP contribution in [0.2, 0.25) is 0 Å². The van der Waals surface area contributed by atoms with Crippen LogP contribution in [-0.4, -0.2) is 20.8 Å². The summed E-state index contributed by atoms with van der Waals surface area (Å²) in [6.07, 6.45) is 0. The van der Waals surface area contributed by atoms with Gasteiger partial charge in [0.25, 0.3) is 10.0 Å². The molecule has 0 amide bonds. The van der Waals surface area contributed by atoms with E-state index in [1.807, 2.05) is 19.1 Å². The fraction of sp³-hybridized carbons (Fsp3) is 0.235. The molecular weight excluding hydrogens is 314 g/mol.